The molecule has 0 bridgehead atoms. The number of amides is 2. The number of aromatic carboxylic acids is 1. The van der Waals surface area contributed by atoms with E-state index in [4.69, 9.17) is 16.7 Å². The lowest BCUT2D eigenvalue weighted by atomic mass is 10.1. The van der Waals surface area contributed by atoms with Crippen LogP contribution in [-0.2, 0) is 0 Å². The van der Waals surface area contributed by atoms with Crippen molar-refractivity contribution >= 4 is 29.3 Å². The third-order valence-electron chi connectivity index (χ3n) is 3.29. The highest BCUT2D eigenvalue weighted by atomic mass is 35.5. The van der Waals surface area contributed by atoms with Crippen molar-refractivity contribution in [3.05, 3.63) is 28.8 Å². The molecule has 1 atom stereocenters. The van der Waals surface area contributed by atoms with Crippen molar-refractivity contribution in [1.82, 2.24) is 4.90 Å². The van der Waals surface area contributed by atoms with E-state index in [1.54, 1.807) is 11.9 Å². The summed E-state index contributed by atoms with van der Waals surface area (Å²) in [5.74, 6) is -0.772. The summed E-state index contributed by atoms with van der Waals surface area (Å²) in [4.78, 5) is 24.6. The molecule has 1 aromatic carbocycles. The van der Waals surface area contributed by atoms with E-state index in [1.807, 2.05) is 20.8 Å². The molecule has 0 aromatic heterocycles. The monoisotopic (exact) mass is 298 g/mol. The number of carbonyl (C=O) groups is 2. The molecule has 1 rings (SSSR count). The van der Waals surface area contributed by atoms with Crippen molar-refractivity contribution in [3.8, 4) is 0 Å². The smallest absolute Gasteiger partial charge is 0.335 e. The molecule has 0 heterocycles. The van der Waals surface area contributed by atoms with Crippen LogP contribution < -0.4 is 5.32 Å². The number of nitrogens with one attached hydrogen (secondary N) is 1. The summed E-state index contributed by atoms with van der Waals surface area (Å²) in [6.07, 6.45) is 0. The fourth-order valence-electron chi connectivity index (χ4n) is 1.63. The number of carbonyl (C=O) groups excluding carboxylic acids is 1. The average molecular weight is 299 g/mol. The molecule has 1 aromatic rings. The fraction of sp³-hybridized carbons (Fsp3) is 0.429. The Labute approximate surface area is 123 Å². The number of carboxylic acids is 1. The molecule has 0 aliphatic rings. The summed E-state index contributed by atoms with van der Waals surface area (Å²) in [6.45, 7) is 6.00. The lowest BCUT2D eigenvalue weighted by Gasteiger charge is -2.28. The van der Waals surface area contributed by atoms with Gasteiger partial charge in [0.15, 0.2) is 0 Å². The van der Waals surface area contributed by atoms with Crippen LogP contribution in [0.1, 0.15) is 31.1 Å². The van der Waals surface area contributed by atoms with E-state index in [-0.39, 0.29) is 22.7 Å². The fourth-order valence-corrected chi connectivity index (χ4v) is 1.86. The maximum absolute atomic E-state index is 12.1. The molecule has 0 fully saturated rings. The van der Waals surface area contributed by atoms with Crippen LogP contribution in [0, 0.1) is 5.92 Å². The molecular formula is C14H19ClN2O3. The van der Waals surface area contributed by atoms with Crippen molar-refractivity contribution in [2.45, 2.75) is 26.8 Å². The zero-order chi connectivity index (χ0) is 15.4. The molecule has 2 amide bonds. The van der Waals surface area contributed by atoms with Gasteiger partial charge in [0.25, 0.3) is 0 Å². The number of carboxylic acid groups (broad SMARTS) is 1. The number of rotatable bonds is 4. The maximum atomic E-state index is 12.1. The van der Waals surface area contributed by atoms with Gasteiger partial charge in [-0.25, -0.2) is 9.59 Å². The van der Waals surface area contributed by atoms with E-state index < -0.39 is 5.97 Å². The van der Waals surface area contributed by atoms with E-state index in [0.717, 1.165) is 0 Å². The number of urea groups is 1. The quantitative estimate of drug-likeness (QED) is 0.893. The zero-order valence-corrected chi connectivity index (χ0v) is 12.7. The normalized spacial score (nSPS) is 12.1. The molecule has 110 valence electrons. The third-order valence-corrected chi connectivity index (χ3v) is 3.51. The van der Waals surface area contributed by atoms with E-state index >= 15 is 0 Å². The Morgan fingerprint density at radius 3 is 2.35 bits per heavy atom. The van der Waals surface area contributed by atoms with Gasteiger partial charge < -0.3 is 15.3 Å². The molecule has 20 heavy (non-hydrogen) atoms. The van der Waals surface area contributed by atoms with Crippen molar-refractivity contribution in [1.29, 1.82) is 0 Å². The second-order valence-corrected chi connectivity index (χ2v) is 5.50. The highest BCUT2D eigenvalue weighted by Crippen LogP contribution is 2.20. The molecule has 0 aliphatic heterocycles. The van der Waals surface area contributed by atoms with Gasteiger partial charge in [-0.15, -0.1) is 0 Å². The summed E-state index contributed by atoms with van der Waals surface area (Å²) in [6, 6.07) is 3.98. The van der Waals surface area contributed by atoms with Gasteiger partial charge in [-0.1, -0.05) is 25.4 Å². The minimum atomic E-state index is -1.09. The maximum Gasteiger partial charge on any atom is 0.335 e. The van der Waals surface area contributed by atoms with Crippen LogP contribution in [0.15, 0.2) is 18.2 Å². The number of benzene rings is 1. The first-order valence-electron chi connectivity index (χ1n) is 6.30. The molecule has 0 saturated carbocycles. The third kappa shape index (κ3) is 4.13. The Hall–Kier alpha value is -1.75. The SMILES string of the molecule is CC(C)C(C)N(C)C(=O)Nc1cc(Cl)cc(C(=O)O)c1. The van der Waals surface area contributed by atoms with Crippen LogP contribution in [0.2, 0.25) is 5.02 Å². The number of hydrogen-bond donors (Lipinski definition) is 2. The second kappa shape index (κ2) is 6.61. The van der Waals surface area contributed by atoms with Crippen molar-refractivity contribution < 1.29 is 14.7 Å². The van der Waals surface area contributed by atoms with Crippen LogP contribution in [0.5, 0.6) is 0 Å². The van der Waals surface area contributed by atoms with Gasteiger partial charge >= 0.3 is 12.0 Å². The summed E-state index contributed by atoms with van der Waals surface area (Å²) in [5.41, 5.74) is 0.398. The van der Waals surface area contributed by atoms with Crippen LogP contribution in [-0.4, -0.2) is 35.1 Å². The van der Waals surface area contributed by atoms with E-state index in [0.29, 0.717) is 11.6 Å². The average Bonchev–Trinajstić information content (AvgIpc) is 2.35. The minimum absolute atomic E-state index is 0.0346. The zero-order valence-electron chi connectivity index (χ0n) is 12.0. The van der Waals surface area contributed by atoms with E-state index in [1.165, 1.54) is 18.2 Å². The molecule has 0 radical (unpaired) electrons. The predicted molar refractivity (Wildman–Crippen MR) is 79.5 cm³/mol. The lowest BCUT2D eigenvalue weighted by molar-refractivity contribution is 0.0697. The van der Waals surface area contributed by atoms with Crippen LogP contribution in [0.3, 0.4) is 0 Å². The predicted octanol–water partition coefficient (Wildman–Crippen LogP) is 3.55. The van der Waals surface area contributed by atoms with Gasteiger partial charge in [-0.05, 0) is 31.0 Å². The second-order valence-electron chi connectivity index (χ2n) is 5.06. The summed E-state index contributed by atoms with van der Waals surface area (Å²) >= 11 is 5.84. The number of nitrogens with zero attached hydrogens (tertiary/aromatic N) is 1. The Balaban J connectivity index is 2.88. The summed E-state index contributed by atoms with van der Waals surface area (Å²) in [7, 11) is 1.70. The molecule has 0 spiro atoms. The van der Waals surface area contributed by atoms with E-state index in [9.17, 15) is 9.59 Å². The Bertz CT molecular complexity index is 517. The first-order chi connectivity index (χ1) is 9.22. The highest BCUT2D eigenvalue weighted by molar-refractivity contribution is 6.31. The summed E-state index contributed by atoms with van der Waals surface area (Å²) < 4.78 is 0. The van der Waals surface area contributed by atoms with E-state index in [2.05, 4.69) is 5.32 Å². The number of halogens is 1. The Morgan fingerprint density at radius 2 is 1.85 bits per heavy atom. The van der Waals surface area contributed by atoms with Gasteiger partial charge in [0, 0.05) is 23.8 Å². The minimum Gasteiger partial charge on any atom is -0.478 e. The molecular weight excluding hydrogens is 280 g/mol. The Kier molecular flexibility index (Phi) is 5.39. The van der Waals surface area contributed by atoms with Crippen LogP contribution in [0.25, 0.3) is 0 Å². The van der Waals surface area contributed by atoms with Gasteiger partial charge in [-0.2, -0.15) is 0 Å². The van der Waals surface area contributed by atoms with Crippen molar-refractivity contribution in [2.24, 2.45) is 5.92 Å². The van der Waals surface area contributed by atoms with Gasteiger partial charge in [0.05, 0.1) is 5.56 Å². The number of hydrogen-bond acceptors (Lipinski definition) is 2. The molecule has 0 saturated heterocycles. The summed E-state index contributed by atoms with van der Waals surface area (Å²) in [5, 5.41) is 11.9. The van der Waals surface area contributed by atoms with Gasteiger partial charge in [0.2, 0.25) is 0 Å². The van der Waals surface area contributed by atoms with Gasteiger partial charge in [0.1, 0.15) is 0 Å². The molecule has 0 aliphatic carbocycles. The van der Waals surface area contributed by atoms with Crippen molar-refractivity contribution in [2.75, 3.05) is 12.4 Å². The van der Waals surface area contributed by atoms with Gasteiger partial charge in [-0.3, -0.25) is 0 Å². The molecule has 2 N–H and O–H groups in total. The highest BCUT2D eigenvalue weighted by Gasteiger charge is 2.19. The first-order valence-corrected chi connectivity index (χ1v) is 6.68. The van der Waals surface area contributed by atoms with Crippen LogP contribution in [0.4, 0.5) is 10.5 Å². The lowest BCUT2D eigenvalue weighted by Crippen LogP contribution is -2.40. The standard InChI is InChI=1S/C14H19ClN2O3/c1-8(2)9(3)17(4)14(20)16-12-6-10(13(18)19)5-11(15)7-12/h5-9H,1-4H3,(H,16,20)(H,18,19). The van der Waals surface area contributed by atoms with Crippen LogP contribution >= 0.6 is 11.6 Å². The largest absolute Gasteiger partial charge is 0.478 e. The molecule has 5 nitrogen and oxygen atoms in total. The molecule has 1 unspecified atom stereocenters. The van der Waals surface area contributed by atoms with Crippen molar-refractivity contribution in [3.63, 3.8) is 0 Å². The Morgan fingerprint density at radius 1 is 1.25 bits per heavy atom. The topological polar surface area (TPSA) is 69.6 Å². The molecule has 6 heteroatoms. The number of anilines is 1. The first kappa shape index (κ1) is 16.3.